The van der Waals surface area contributed by atoms with Gasteiger partial charge in [-0.25, -0.2) is 13.2 Å². The number of halogens is 3. The predicted molar refractivity (Wildman–Crippen MR) is 69.5 cm³/mol. The van der Waals surface area contributed by atoms with E-state index in [2.05, 4.69) is 5.32 Å². The predicted octanol–water partition coefficient (Wildman–Crippen LogP) is 4.15. The minimum Gasteiger partial charge on any atom is -0.377 e. The highest BCUT2D eigenvalue weighted by Crippen LogP contribution is 2.24. The number of benzene rings is 2. The van der Waals surface area contributed by atoms with Crippen molar-refractivity contribution in [2.24, 2.45) is 0 Å². The van der Waals surface area contributed by atoms with E-state index in [-0.39, 0.29) is 11.1 Å². The molecule has 0 heterocycles. The zero-order valence-corrected chi connectivity index (χ0v) is 10.6. The molecule has 20 heavy (non-hydrogen) atoms. The topological polar surface area (TPSA) is 35.8 Å². The van der Waals surface area contributed by atoms with Gasteiger partial charge in [-0.3, -0.25) is 0 Å². The Morgan fingerprint density at radius 3 is 2.35 bits per heavy atom. The molecule has 0 aliphatic rings. The van der Waals surface area contributed by atoms with Crippen molar-refractivity contribution in [2.75, 3.05) is 5.32 Å². The largest absolute Gasteiger partial charge is 0.377 e. The molecule has 2 nitrogen and oxygen atoms in total. The van der Waals surface area contributed by atoms with E-state index in [9.17, 15) is 13.2 Å². The van der Waals surface area contributed by atoms with Crippen LogP contribution in [0.25, 0.3) is 0 Å². The van der Waals surface area contributed by atoms with E-state index in [0.717, 1.165) is 18.2 Å². The van der Waals surface area contributed by atoms with Gasteiger partial charge in [0.1, 0.15) is 23.5 Å². The van der Waals surface area contributed by atoms with Crippen molar-refractivity contribution in [3.63, 3.8) is 0 Å². The Bertz CT molecular complexity index is 677. The first-order valence-corrected chi connectivity index (χ1v) is 5.92. The average Bonchev–Trinajstić information content (AvgIpc) is 2.40. The number of nitrogens with zero attached hydrogens (tertiary/aromatic N) is 1. The Labute approximate surface area is 114 Å². The van der Waals surface area contributed by atoms with Gasteiger partial charge in [0.25, 0.3) is 0 Å². The Morgan fingerprint density at radius 1 is 1.05 bits per heavy atom. The van der Waals surface area contributed by atoms with Gasteiger partial charge in [0.05, 0.1) is 17.3 Å². The van der Waals surface area contributed by atoms with Crippen molar-refractivity contribution >= 4 is 5.69 Å². The molecule has 2 aromatic rings. The van der Waals surface area contributed by atoms with Gasteiger partial charge in [-0.15, -0.1) is 0 Å². The minimum absolute atomic E-state index is 0.124. The third-order valence-electron chi connectivity index (χ3n) is 2.90. The number of anilines is 1. The van der Waals surface area contributed by atoms with Crippen molar-refractivity contribution in [1.82, 2.24) is 0 Å². The van der Waals surface area contributed by atoms with E-state index in [0.29, 0.717) is 5.69 Å². The normalized spacial score (nSPS) is 11.8. The smallest absolute Gasteiger partial charge is 0.131 e. The SMILES string of the molecule is CC(Nc1ccc(F)cc1C#N)c1ccc(F)cc1F. The van der Waals surface area contributed by atoms with E-state index in [1.165, 1.54) is 18.2 Å². The molecule has 0 spiro atoms. The lowest BCUT2D eigenvalue weighted by molar-refractivity contribution is 0.566. The number of hydrogen-bond donors (Lipinski definition) is 1. The van der Waals surface area contributed by atoms with Crippen LogP contribution in [0.5, 0.6) is 0 Å². The van der Waals surface area contributed by atoms with E-state index in [1.807, 2.05) is 6.07 Å². The summed E-state index contributed by atoms with van der Waals surface area (Å²) in [5, 5.41) is 11.9. The van der Waals surface area contributed by atoms with Crippen LogP contribution in [0.4, 0.5) is 18.9 Å². The van der Waals surface area contributed by atoms with Crippen molar-refractivity contribution in [1.29, 1.82) is 5.26 Å². The lowest BCUT2D eigenvalue weighted by Crippen LogP contribution is -2.10. The van der Waals surface area contributed by atoms with Gasteiger partial charge in [0, 0.05) is 11.6 Å². The monoisotopic (exact) mass is 276 g/mol. The maximum atomic E-state index is 13.6. The van der Waals surface area contributed by atoms with E-state index in [1.54, 1.807) is 6.92 Å². The van der Waals surface area contributed by atoms with Gasteiger partial charge in [-0.2, -0.15) is 5.26 Å². The summed E-state index contributed by atoms with van der Waals surface area (Å²) in [4.78, 5) is 0. The first-order valence-electron chi connectivity index (χ1n) is 5.92. The van der Waals surface area contributed by atoms with E-state index < -0.39 is 23.5 Å². The van der Waals surface area contributed by atoms with Crippen LogP contribution < -0.4 is 5.32 Å². The molecule has 0 bridgehead atoms. The summed E-state index contributed by atoms with van der Waals surface area (Å²) in [6, 6.07) is 8.36. The quantitative estimate of drug-likeness (QED) is 0.914. The molecule has 2 rings (SSSR count). The fraction of sp³-hybridized carbons (Fsp3) is 0.133. The summed E-state index contributed by atoms with van der Waals surface area (Å²) < 4.78 is 39.5. The Hall–Kier alpha value is -2.48. The van der Waals surface area contributed by atoms with Crippen molar-refractivity contribution < 1.29 is 13.2 Å². The van der Waals surface area contributed by atoms with Crippen LogP contribution in [0.3, 0.4) is 0 Å². The Morgan fingerprint density at radius 2 is 1.70 bits per heavy atom. The molecule has 1 N–H and O–H groups in total. The third-order valence-corrected chi connectivity index (χ3v) is 2.90. The zero-order valence-electron chi connectivity index (χ0n) is 10.6. The van der Waals surface area contributed by atoms with Gasteiger partial charge >= 0.3 is 0 Å². The van der Waals surface area contributed by atoms with Gasteiger partial charge in [0.2, 0.25) is 0 Å². The van der Waals surface area contributed by atoms with Crippen LogP contribution in [-0.4, -0.2) is 0 Å². The van der Waals surface area contributed by atoms with Crippen molar-refractivity contribution in [3.05, 3.63) is 65.0 Å². The molecule has 2 aromatic carbocycles. The van der Waals surface area contributed by atoms with Crippen LogP contribution in [0.1, 0.15) is 24.1 Å². The molecule has 0 radical (unpaired) electrons. The maximum Gasteiger partial charge on any atom is 0.131 e. The van der Waals surface area contributed by atoms with Crippen LogP contribution in [0, 0.1) is 28.8 Å². The molecule has 1 unspecified atom stereocenters. The van der Waals surface area contributed by atoms with Crippen molar-refractivity contribution in [2.45, 2.75) is 13.0 Å². The molecule has 0 aliphatic carbocycles. The molecule has 5 heteroatoms. The van der Waals surface area contributed by atoms with Crippen LogP contribution >= 0.6 is 0 Å². The second-order valence-corrected chi connectivity index (χ2v) is 4.33. The lowest BCUT2D eigenvalue weighted by atomic mass is 10.1. The molecular formula is C15H11F3N2. The number of hydrogen-bond acceptors (Lipinski definition) is 2. The summed E-state index contributed by atoms with van der Waals surface area (Å²) in [6.45, 7) is 1.67. The highest BCUT2D eigenvalue weighted by Gasteiger charge is 2.13. The Balaban J connectivity index is 2.28. The third kappa shape index (κ3) is 2.91. The first-order chi connectivity index (χ1) is 9.51. The first kappa shape index (κ1) is 13.9. The number of nitrogens with one attached hydrogen (secondary N) is 1. The molecule has 0 saturated heterocycles. The molecular weight excluding hydrogens is 265 g/mol. The zero-order chi connectivity index (χ0) is 14.7. The second kappa shape index (κ2) is 5.66. The molecule has 0 saturated carbocycles. The van der Waals surface area contributed by atoms with Gasteiger partial charge < -0.3 is 5.32 Å². The van der Waals surface area contributed by atoms with Crippen LogP contribution in [-0.2, 0) is 0 Å². The summed E-state index contributed by atoms with van der Waals surface area (Å²) in [5.74, 6) is -1.85. The van der Waals surface area contributed by atoms with Crippen LogP contribution in [0.2, 0.25) is 0 Å². The molecule has 0 fully saturated rings. The maximum absolute atomic E-state index is 13.6. The van der Waals surface area contributed by atoms with Gasteiger partial charge in [-0.1, -0.05) is 6.07 Å². The molecule has 0 aromatic heterocycles. The molecule has 0 amide bonds. The van der Waals surface area contributed by atoms with Crippen LogP contribution in [0.15, 0.2) is 36.4 Å². The van der Waals surface area contributed by atoms with E-state index >= 15 is 0 Å². The summed E-state index contributed by atoms with van der Waals surface area (Å²) >= 11 is 0. The Kier molecular flexibility index (Phi) is 3.94. The highest BCUT2D eigenvalue weighted by molar-refractivity contribution is 5.58. The number of nitriles is 1. The van der Waals surface area contributed by atoms with E-state index in [4.69, 9.17) is 5.26 Å². The number of rotatable bonds is 3. The fourth-order valence-corrected chi connectivity index (χ4v) is 1.90. The fourth-order valence-electron chi connectivity index (χ4n) is 1.90. The molecule has 102 valence electrons. The summed E-state index contributed by atoms with van der Waals surface area (Å²) in [6.07, 6.45) is 0. The summed E-state index contributed by atoms with van der Waals surface area (Å²) in [7, 11) is 0. The minimum atomic E-state index is -0.675. The van der Waals surface area contributed by atoms with Gasteiger partial charge in [0.15, 0.2) is 0 Å². The van der Waals surface area contributed by atoms with Crippen molar-refractivity contribution in [3.8, 4) is 6.07 Å². The molecule has 1 atom stereocenters. The summed E-state index contributed by atoms with van der Waals surface area (Å²) in [5.41, 5.74) is 0.782. The lowest BCUT2D eigenvalue weighted by Gasteiger charge is -2.17. The molecule has 0 aliphatic heterocycles. The van der Waals surface area contributed by atoms with Gasteiger partial charge in [-0.05, 0) is 31.2 Å². The standard InChI is InChI=1S/C15H11F3N2/c1-9(13-4-2-12(17)7-14(13)18)20-15-5-3-11(16)6-10(15)8-19/h2-7,9,20H,1H3. The average molecular weight is 276 g/mol. The highest BCUT2D eigenvalue weighted by atomic mass is 19.1. The second-order valence-electron chi connectivity index (χ2n) is 4.33.